The van der Waals surface area contributed by atoms with E-state index in [4.69, 9.17) is 22.2 Å². The van der Waals surface area contributed by atoms with Crippen LogP contribution < -0.4 is 0 Å². The number of allylic oxidation sites excluding steroid dienone is 1. The first-order chi connectivity index (χ1) is 7.99. The fraction of sp³-hybridized carbons (Fsp3) is 0.182. The van der Waals surface area contributed by atoms with Crippen LogP contribution in [0.4, 0.5) is 0 Å². The summed E-state index contributed by atoms with van der Waals surface area (Å²) in [6, 6.07) is 5.25. The summed E-state index contributed by atoms with van der Waals surface area (Å²) in [5, 5.41) is 12.6. The van der Waals surface area contributed by atoms with E-state index in [2.05, 4.69) is 10.0 Å². The van der Waals surface area contributed by atoms with Crippen molar-refractivity contribution < 1.29 is 9.90 Å². The van der Waals surface area contributed by atoms with Gasteiger partial charge in [0.15, 0.2) is 0 Å². The number of hydrogen-bond donors (Lipinski definition) is 1. The number of rotatable bonds is 3. The molecule has 1 N–H and O–H groups in total. The second-order valence-corrected chi connectivity index (χ2v) is 3.78. The molecule has 6 heteroatoms. The van der Waals surface area contributed by atoms with E-state index in [1.54, 1.807) is 19.1 Å². The molecule has 0 aliphatic rings. The smallest absolute Gasteiger partial charge is 0.338 e. The number of nitrogens with zero attached hydrogens (tertiary/aromatic N) is 3. The Kier molecular flexibility index (Phi) is 4.15. The fourth-order valence-electron chi connectivity index (χ4n) is 1.39. The summed E-state index contributed by atoms with van der Waals surface area (Å²) in [5.41, 5.74) is 9.70. The highest BCUT2D eigenvalue weighted by Crippen LogP contribution is 2.29. The maximum Gasteiger partial charge on any atom is 0.338 e. The minimum absolute atomic E-state index is 0.337. The monoisotopic (exact) mass is 251 g/mol. The van der Waals surface area contributed by atoms with Crippen LogP contribution in [0.5, 0.6) is 0 Å². The maximum absolute atomic E-state index is 10.9. The third-order valence-corrected chi connectivity index (χ3v) is 2.80. The number of aliphatic carboxylic acids is 1. The molecule has 0 amide bonds. The molecule has 0 unspecified atom stereocenters. The molecule has 0 aliphatic carbocycles. The van der Waals surface area contributed by atoms with Crippen molar-refractivity contribution in [3.63, 3.8) is 0 Å². The van der Waals surface area contributed by atoms with E-state index in [0.717, 1.165) is 5.56 Å². The lowest BCUT2D eigenvalue weighted by molar-refractivity contribution is -0.132. The van der Waals surface area contributed by atoms with Crippen LogP contribution in [0.2, 0.25) is 5.02 Å². The van der Waals surface area contributed by atoms with E-state index in [-0.39, 0.29) is 5.70 Å². The second-order valence-electron chi connectivity index (χ2n) is 3.40. The Hall–Kier alpha value is -1.97. The molecular formula is C11H10ClN3O2. The summed E-state index contributed by atoms with van der Waals surface area (Å²) in [7, 11) is 0. The molecular weight excluding hydrogens is 242 g/mol. The standard InChI is InChI=1S/C11H10ClN3O2/c1-6-4-3-5-8(9(6)12)7(2)10(11(16)17)14-15-13/h3-5H,1-2H3,(H,16,17)/b10-7-. The Labute approximate surface area is 103 Å². The van der Waals surface area contributed by atoms with Gasteiger partial charge >= 0.3 is 5.97 Å². The third-order valence-electron chi connectivity index (χ3n) is 2.30. The van der Waals surface area contributed by atoms with Crippen LogP contribution >= 0.6 is 11.6 Å². The molecule has 0 saturated heterocycles. The van der Waals surface area contributed by atoms with Crippen LogP contribution in [0, 0.1) is 6.92 Å². The lowest BCUT2D eigenvalue weighted by Gasteiger charge is -2.08. The summed E-state index contributed by atoms with van der Waals surface area (Å²) in [6.45, 7) is 3.37. The SMILES string of the molecule is C/C(=C(/N=[N+]=[N-])C(=O)O)c1cccc(C)c1Cl. The first-order valence-corrected chi connectivity index (χ1v) is 5.11. The van der Waals surface area contributed by atoms with Gasteiger partial charge in [0.2, 0.25) is 0 Å². The topological polar surface area (TPSA) is 86.1 Å². The average Bonchev–Trinajstić information content (AvgIpc) is 2.28. The van der Waals surface area contributed by atoms with Crippen LogP contribution in [-0.4, -0.2) is 11.1 Å². The van der Waals surface area contributed by atoms with Crippen molar-refractivity contribution in [2.24, 2.45) is 5.11 Å². The van der Waals surface area contributed by atoms with Gasteiger partial charge in [-0.1, -0.05) is 34.9 Å². The second kappa shape index (κ2) is 5.39. The third kappa shape index (κ3) is 2.78. The van der Waals surface area contributed by atoms with Crippen LogP contribution in [0.1, 0.15) is 18.1 Å². The summed E-state index contributed by atoms with van der Waals surface area (Å²) >= 11 is 6.08. The van der Waals surface area contributed by atoms with Gasteiger partial charge in [-0.2, -0.15) is 0 Å². The molecule has 0 heterocycles. The zero-order chi connectivity index (χ0) is 13.0. The number of aryl methyl sites for hydroxylation is 1. The van der Waals surface area contributed by atoms with Gasteiger partial charge in [-0.15, -0.1) is 0 Å². The molecule has 0 aliphatic heterocycles. The van der Waals surface area contributed by atoms with E-state index in [1.807, 2.05) is 13.0 Å². The van der Waals surface area contributed by atoms with Gasteiger partial charge in [-0.25, -0.2) is 4.79 Å². The Morgan fingerprint density at radius 2 is 2.18 bits per heavy atom. The highest BCUT2D eigenvalue weighted by atomic mass is 35.5. The number of halogens is 1. The number of hydrogen-bond acceptors (Lipinski definition) is 2. The largest absolute Gasteiger partial charge is 0.478 e. The zero-order valence-electron chi connectivity index (χ0n) is 9.31. The normalized spacial score (nSPS) is 11.5. The quantitative estimate of drug-likeness (QED) is 0.384. The number of benzene rings is 1. The highest BCUT2D eigenvalue weighted by Gasteiger charge is 2.13. The van der Waals surface area contributed by atoms with E-state index >= 15 is 0 Å². The molecule has 1 rings (SSSR count). The van der Waals surface area contributed by atoms with Gasteiger partial charge in [0.05, 0.1) is 5.02 Å². The van der Waals surface area contributed by atoms with Crippen molar-refractivity contribution in [1.29, 1.82) is 0 Å². The van der Waals surface area contributed by atoms with Crippen molar-refractivity contribution >= 4 is 23.1 Å². The van der Waals surface area contributed by atoms with Crippen LogP contribution in [0.25, 0.3) is 16.0 Å². The highest BCUT2D eigenvalue weighted by molar-refractivity contribution is 6.33. The zero-order valence-corrected chi connectivity index (χ0v) is 10.1. The van der Waals surface area contributed by atoms with Crippen molar-refractivity contribution in [2.45, 2.75) is 13.8 Å². The van der Waals surface area contributed by atoms with Gasteiger partial charge in [-0.3, -0.25) is 0 Å². The number of carboxylic acid groups (broad SMARTS) is 1. The first-order valence-electron chi connectivity index (χ1n) is 4.73. The molecule has 0 bridgehead atoms. The minimum Gasteiger partial charge on any atom is -0.478 e. The molecule has 1 aromatic rings. The Bertz CT molecular complexity index is 542. The summed E-state index contributed by atoms with van der Waals surface area (Å²) in [4.78, 5) is 13.4. The maximum atomic E-state index is 10.9. The van der Waals surface area contributed by atoms with E-state index in [0.29, 0.717) is 16.2 Å². The van der Waals surface area contributed by atoms with Crippen molar-refractivity contribution in [1.82, 2.24) is 0 Å². The molecule has 5 nitrogen and oxygen atoms in total. The minimum atomic E-state index is -1.28. The molecule has 0 radical (unpaired) electrons. The van der Waals surface area contributed by atoms with Crippen LogP contribution in [0.15, 0.2) is 29.0 Å². The Morgan fingerprint density at radius 1 is 1.53 bits per heavy atom. The summed E-state index contributed by atoms with van der Waals surface area (Å²) in [5.74, 6) is -1.28. The fourth-order valence-corrected chi connectivity index (χ4v) is 1.66. The van der Waals surface area contributed by atoms with Gasteiger partial charge in [-0.05, 0) is 36.1 Å². The van der Waals surface area contributed by atoms with Gasteiger partial charge < -0.3 is 5.11 Å². The van der Waals surface area contributed by atoms with Gasteiger partial charge in [0, 0.05) is 4.91 Å². The van der Waals surface area contributed by atoms with E-state index in [9.17, 15) is 4.79 Å². The predicted octanol–water partition coefficient (Wildman–Crippen LogP) is 3.77. The molecule has 0 fully saturated rings. The lowest BCUT2D eigenvalue weighted by Crippen LogP contribution is -2.00. The molecule has 17 heavy (non-hydrogen) atoms. The first kappa shape index (κ1) is 13.1. The molecule has 0 spiro atoms. The lowest BCUT2D eigenvalue weighted by atomic mass is 10.0. The Balaban J connectivity index is 3.49. The summed E-state index contributed by atoms with van der Waals surface area (Å²) < 4.78 is 0. The molecule has 0 aromatic heterocycles. The van der Waals surface area contributed by atoms with Crippen molar-refractivity contribution in [3.05, 3.63) is 50.5 Å². The predicted molar refractivity (Wildman–Crippen MR) is 65.6 cm³/mol. The number of carboxylic acids is 1. The molecule has 0 saturated carbocycles. The summed E-state index contributed by atoms with van der Waals surface area (Å²) in [6.07, 6.45) is 0. The van der Waals surface area contributed by atoms with Crippen LogP contribution in [0.3, 0.4) is 0 Å². The number of carbonyl (C=O) groups is 1. The molecule has 0 atom stereocenters. The van der Waals surface area contributed by atoms with Gasteiger partial charge in [0.1, 0.15) is 5.70 Å². The molecule has 88 valence electrons. The Morgan fingerprint density at radius 3 is 2.71 bits per heavy atom. The molecule has 1 aromatic carbocycles. The van der Waals surface area contributed by atoms with Crippen molar-refractivity contribution in [2.75, 3.05) is 0 Å². The van der Waals surface area contributed by atoms with E-state index < -0.39 is 5.97 Å². The van der Waals surface area contributed by atoms with E-state index in [1.165, 1.54) is 0 Å². The number of azide groups is 1. The van der Waals surface area contributed by atoms with Crippen molar-refractivity contribution in [3.8, 4) is 0 Å². The van der Waals surface area contributed by atoms with Crippen LogP contribution in [-0.2, 0) is 4.79 Å². The average molecular weight is 252 g/mol. The van der Waals surface area contributed by atoms with Gasteiger partial charge in [0.25, 0.3) is 0 Å².